The molecule has 3 aromatic rings. The summed E-state index contributed by atoms with van der Waals surface area (Å²) in [5, 5.41) is 9.36. The van der Waals surface area contributed by atoms with Gasteiger partial charge >= 0.3 is 0 Å². The lowest BCUT2D eigenvalue weighted by atomic mass is 10.1. The van der Waals surface area contributed by atoms with E-state index in [4.69, 9.17) is 11.6 Å². The number of nitrogens with zero attached hydrogens (tertiary/aromatic N) is 4. The third-order valence-electron chi connectivity index (χ3n) is 4.80. The van der Waals surface area contributed by atoms with Gasteiger partial charge in [-0.2, -0.15) is 0 Å². The number of amides is 1. The Kier molecular flexibility index (Phi) is 5.59. The average Bonchev–Trinajstić information content (AvgIpc) is 2.74. The fraction of sp³-hybridized carbons (Fsp3) is 0.190. The van der Waals surface area contributed by atoms with Gasteiger partial charge in [0.1, 0.15) is 0 Å². The summed E-state index contributed by atoms with van der Waals surface area (Å²) in [5.74, 6) is 0.857. The Bertz CT molecular complexity index is 988. The summed E-state index contributed by atoms with van der Waals surface area (Å²) in [4.78, 5) is 16.8. The number of benzene rings is 2. The van der Waals surface area contributed by atoms with Crippen LogP contribution in [0.2, 0.25) is 5.02 Å². The van der Waals surface area contributed by atoms with Crippen molar-refractivity contribution in [1.29, 1.82) is 0 Å². The van der Waals surface area contributed by atoms with Gasteiger partial charge in [-0.1, -0.05) is 41.9 Å². The highest BCUT2D eigenvalue weighted by Crippen LogP contribution is 2.26. The standard InChI is InChI=1S/C21H18BrClN4O/c22-17-7-3-1-5-15(17)21(28)27-13-11-26(12-14-27)20-10-9-19(24-25-20)16-6-2-4-8-18(16)23/h1-10H,11-14H2. The SMILES string of the molecule is O=C(c1ccccc1Br)N1CCN(c2ccc(-c3ccccc3Cl)nn2)CC1. The predicted octanol–water partition coefficient (Wildman–Crippen LogP) is 4.52. The molecule has 1 aromatic heterocycles. The molecule has 2 heterocycles. The Hall–Kier alpha value is -2.44. The minimum Gasteiger partial charge on any atom is -0.352 e. The van der Waals surface area contributed by atoms with Crippen LogP contribution in [0.1, 0.15) is 10.4 Å². The number of carbonyl (C=O) groups excluding carboxylic acids is 1. The molecule has 0 unspecified atom stereocenters. The van der Waals surface area contributed by atoms with Crippen molar-refractivity contribution in [2.75, 3.05) is 31.1 Å². The molecule has 0 radical (unpaired) electrons. The topological polar surface area (TPSA) is 49.3 Å². The number of piperazine rings is 1. The number of aromatic nitrogens is 2. The molecule has 7 heteroatoms. The van der Waals surface area contributed by atoms with Crippen LogP contribution in [0.15, 0.2) is 65.1 Å². The molecule has 4 rings (SSSR count). The molecule has 1 aliphatic heterocycles. The first-order valence-electron chi connectivity index (χ1n) is 9.01. The number of carbonyl (C=O) groups is 1. The third-order valence-corrected chi connectivity index (χ3v) is 5.82. The van der Waals surface area contributed by atoms with Crippen LogP contribution in [0.4, 0.5) is 5.82 Å². The summed E-state index contributed by atoms with van der Waals surface area (Å²) in [6.45, 7) is 2.73. The number of anilines is 1. The fourth-order valence-corrected chi connectivity index (χ4v) is 3.94. The van der Waals surface area contributed by atoms with E-state index in [2.05, 4.69) is 31.0 Å². The maximum Gasteiger partial charge on any atom is 0.255 e. The second-order valence-corrected chi connectivity index (χ2v) is 7.78. The zero-order valence-corrected chi connectivity index (χ0v) is 17.4. The minimum atomic E-state index is 0.0484. The summed E-state index contributed by atoms with van der Waals surface area (Å²) in [6.07, 6.45) is 0. The molecule has 0 aliphatic carbocycles. The summed E-state index contributed by atoms with van der Waals surface area (Å²) < 4.78 is 0.823. The molecule has 1 fully saturated rings. The van der Waals surface area contributed by atoms with Crippen LogP contribution < -0.4 is 4.90 Å². The largest absolute Gasteiger partial charge is 0.352 e. The second-order valence-electron chi connectivity index (χ2n) is 6.52. The van der Waals surface area contributed by atoms with Crippen LogP contribution in [0, 0.1) is 0 Å². The van der Waals surface area contributed by atoms with Gasteiger partial charge in [-0.25, -0.2) is 0 Å². The molecule has 0 bridgehead atoms. The zero-order chi connectivity index (χ0) is 19.5. The summed E-state index contributed by atoms with van der Waals surface area (Å²) >= 11 is 9.69. The van der Waals surface area contributed by atoms with E-state index in [-0.39, 0.29) is 5.91 Å². The van der Waals surface area contributed by atoms with Crippen LogP contribution in [0.25, 0.3) is 11.3 Å². The van der Waals surface area contributed by atoms with Crippen molar-refractivity contribution in [2.45, 2.75) is 0 Å². The van der Waals surface area contributed by atoms with Gasteiger partial charge in [0.05, 0.1) is 16.3 Å². The number of halogens is 2. The van der Waals surface area contributed by atoms with E-state index in [1.807, 2.05) is 65.6 Å². The van der Waals surface area contributed by atoms with Gasteiger partial charge in [-0.3, -0.25) is 4.79 Å². The molecule has 2 aromatic carbocycles. The Morgan fingerprint density at radius 2 is 1.61 bits per heavy atom. The van der Waals surface area contributed by atoms with Crippen molar-refractivity contribution in [2.24, 2.45) is 0 Å². The highest BCUT2D eigenvalue weighted by atomic mass is 79.9. The Morgan fingerprint density at radius 1 is 0.893 bits per heavy atom. The van der Waals surface area contributed by atoms with Gasteiger partial charge in [0.2, 0.25) is 0 Å². The molecule has 0 spiro atoms. The van der Waals surface area contributed by atoms with E-state index >= 15 is 0 Å². The van der Waals surface area contributed by atoms with Crippen molar-refractivity contribution >= 4 is 39.3 Å². The molecule has 0 N–H and O–H groups in total. The Morgan fingerprint density at radius 3 is 2.29 bits per heavy atom. The fourth-order valence-electron chi connectivity index (χ4n) is 3.25. The summed E-state index contributed by atoms with van der Waals surface area (Å²) in [7, 11) is 0. The van der Waals surface area contributed by atoms with E-state index in [1.165, 1.54) is 0 Å². The quantitative estimate of drug-likeness (QED) is 0.580. The van der Waals surface area contributed by atoms with Gasteiger partial charge < -0.3 is 9.80 Å². The first kappa shape index (κ1) is 18.9. The molecule has 0 atom stereocenters. The van der Waals surface area contributed by atoms with E-state index < -0.39 is 0 Å². The van der Waals surface area contributed by atoms with Crippen LogP contribution in [0.5, 0.6) is 0 Å². The maximum atomic E-state index is 12.7. The van der Waals surface area contributed by atoms with Crippen LogP contribution in [0.3, 0.4) is 0 Å². The van der Waals surface area contributed by atoms with Crippen LogP contribution in [-0.2, 0) is 0 Å². The Labute approximate surface area is 177 Å². The lowest BCUT2D eigenvalue weighted by Gasteiger charge is -2.35. The molecule has 5 nitrogen and oxygen atoms in total. The lowest BCUT2D eigenvalue weighted by molar-refractivity contribution is 0.0745. The van der Waals surface area contributed by atoms with Crippen molar-refractivity contribution < 1.29 is 4.79 Å². The van der Waals surface area contributed by atoms with Crippen LogP contribution in [-0.4, -0.2) is 47.2 Å². The van der Waals surface area contributed by atoms with Crippen molar-refractivity contribution in [3.8, 4) is 11.3 Å². The number of rotatable bonds is 3. The molecule has 0 saturated carbocycles. The second kappa shape index (κ2) is 8.29. The highest BCUT2D eigenvalue weighted by Gasteiger charge is 2.24. The van der Waals surface area contributed by atoms with Gasteiger partial charge in [0, 0.05) is 36.2 Å². The van der Waals surface area contributed by atoms with Gasteiger partial charge in [0.25, 0.3) is 5.91 Å². The van der Waals surface area contributed by atoms with E-state index in [0.29, 0.717) is 23.7 Å². The molecule has 1 saturated heterocycles. The monoisotopic (exact) mass is 456 g/mol. The van der Waals surface area contributed by atoms with Gasteiger partial charge in [-0.05, 0) is 46.3 Å². The van der Waals surface area contributed by atoms with Crippen LogP contribution >= 0.6 is 27.5 Å². The van der Waals surface area contributed by atoms with Crippen molar-refractivity contribution in [1.82, 2.24) is 15.1 Å². The molecular weight excluding hydrogens is 440 g/mol. The average molecular weight is 458 g/mol. The molecule has 1 amide bonds. The number of hydrogen-bond donors (Lipinski definition) is 0. The van der Waals surface area contributed by atoms with E-state index in [0.717, 1.165) is 34.6 Å². The van der Waals surface area contributed by atoms with Crippen molar-refractivity contribution in [3.05, 3.63) is 75.7 Å². The van der Waals surface area contributed by atoms with Crippen molar-refractivity contribution in [3.63, 3.8) is 0 Å². The lowest BCUT2D eigenvalue weighted by Crippen LogP contribution is -2.49. The smallest absolute Gasteiger partial charge is 0.255 e. The third kappa shape index (κ3) is 3.88. The van der Waals surface area contributed by atoms with Gasteiger partial charge in [0.15, 0.2) is 5.82 Å². The molecular formula is C21H18BrClN4O. The van der Waals surface area contributed by atoms with E-state index in [9.17, 15) is 4.79 Å². The number of hydrogen-bond acceptors (Lipinski definition) is 4. The molecule has 1 aliphatic rings. The van der Waals surface area contributed by atoms with Gasteiger partial charge in [-0.15, -0.1) is 10.2 Å². The zero-order valence-electron chi connectivity index (χ0n) is 15.1. The van der Waals surface area contributed by atoms with E-state index in [1.54, 1.807) is 0 Å². The highest BCUT2D eigenvalue weighted by molar-refractivity contribution is 9.10. The first-order chi connectivity index (χ1) is 13.6. The predicted molar refractivity (Wildman–Crippen MR) is 115 cm³/mol. The summed E-state index contributed by atoms with van der Waals surface area (Å²) in [6, 6.07) is 19.0. The molecule has 142 valence electrons. The minimum absolute atomic E-state index is 0.0484. The maximum absolute atomic E-state index is 12.7. The molecule has 28 heavy (non-hydrogen) atoms. The Balaban J connectivity index is 1.42. The summed E-state index contributed by atoms with van der Waals surface area (Å²) in [5.41, 5.74) is 2.31. The first-order valence-corrected chi connectivity index (χ1v) is 10.2. The normalized spacial score (nSPS) is 14.2.